The van der Waals surface area contributed by atoms with Crippen molar-refractivity contribution < 1.29 is 41.0 Å². The van der Waals surface area contributed by atoms with Crippen molar-refractivity contribution in [3.8, 4) is 0 Å². The van der Waals surface area contributed by atoms with E-state index in [4.69, 9.17) is 18.2 Å². The molecule has 3 amide bonds. The Labute approximate surface area is 304 Å². The molecule has 1 aromatic carbocycles. The summed E-state index contributed by atoms with van der Waals surface area (Å²) in [7, 11) is -4.81. The second-order valence-corrected chi connectivity index (χ2v) is 19.8. The minimum absolute atomic E-state index is 0.0126. The van der Waals surface area contributed by atoms with Gasteiger partial charge in [0, 0.05) is 24.4 Å². The van der Waals surface area contributed by atoms with Crippen molar-refractivity contribution in [2.75, 3.05) is 19.7 Å². The van der Waals surface area contributed by atoms with Crippen LogP contribution >= 0.6 is 0 Å². The Bertz CT molecular complexity index is 1620. The molecule has 0 unspecified atom stereocenters. The molecule has 2 heterocycles. The van der Waals surface area contributed by atoms with Crippen molar-refractivity contribution in [3.63, 3.8) is 0 Å². The third kappa shape index (κ3) is 7.71. The Morgan fingerprint density at radius 3 is 2.24 bits per heavy atom. The summed E-state index contributed by atoms with van der Waals surface area (Å²) in [6.07, 6.45) is 2.43. The fraction of sp³-hybridized carbons (Fsp3) is 0.757. The summed E-state index contributed by atoms with van der Waals surface area (Å²) in [6.45, 7) is 19.7. The number of hydrogen-bond acceptors (Lipinski definition) is 9. The Morgan fingerprint density at radius 1 is 1.02 bits per heavy atom. The molecule has 5 fully saturated rings. The molecular formula is C37H58BN3O9S. The molecule has 2 N–H and O–H groups in total. The van der Waals surface area contributed by atoms with Crippen LogP contribution in [0.15, 0.2) is 29.2 Å². The number of amides is 3. The lowest BCUT2D eigenvalue weighted by Gasteiger charge is -2.64. The molecule has 2 bridgehead atoms. The number of nitrogens with one attached hydrogen (secondary N) is 2. The predicted octanol–water partition coefficient (Wildman–Crippen LogP) is 5.24. The standard InChI is InChI=1S/C37H58BN3O9S/c1-24-13-15-27(16-14-24)51(45,46)47-23-36(17-12-18-38-49-29-20-26-19-28(34(26,9)10)35(29,11)50-38)21-41(31(44)48-33(6,7)8)22-37(36,39-25(2)42)30(43)40-32(3,4)5/h13-16,26,28-29H,12,17-23H2,1-11H3,(H,39,42)(H,40,43)/t26-,28-,29+,35-,36-,37+/m0/s1. The molecule has 0 spiro atoms. The first-order chi connectivity index (χ1) is 23.3. The van der Waals surface area contributed by atoms with Gasteiger partial charge in [0.2, 0.25) is 11.8 Å². The quantitative estimate of drug-likeness (QED) is 0.244. The van der Waals surface area contributed by atoms with E-state index in [1.54, 1.807) is 32.9 Å². The molecule has 3 aliphatic carbocycles. The SMILES string of the molecule is CC(=O)N[C@@]1(C(=O)NC(C)(C)C)CN(C(=O)OC(C)(C)C)C[C@@]1(CCCB1O[C@@H]2C[C@@H]3C[C@@H](C3(C)C)[C@]2(C)O1)COS(=O)(=O)c1ccc(C)cc1. The van der Waals surface area contributed by atoms with Crippen LogP contribution in [0.1, 0.15) is 100 Å². The van der Waals surface area contributed by atoms with E-state index < -0.39 is 69.4 Å². The molecule has 284 valence electrons. The molecule has 6 atom stereocenters. The van der Waals surface area contributed by atoms with Crippen molar-refractivity contribution in [2.24, 2.45) is 22.7 Å². The number of rotatable bonds is 10. The van der Waals surface area contributed by atoms with E-state index >= 15 is 0 Å². The van der Waals surface area contributed by atoms with Crippen LogP contribution in [-0.4, -0.2) is 86.4 Å². The second-order valence-electron chi connectivity index (χ2n) is 18.2. The van der Waals surface area contributed by atoms with Crippen molar-refractivity contribution in [2.45, 2.75) is 141 Å². The van der Waals surface area contributed by atoms with Crippen LogP contribution in [0.25, 0.3) is 0 Å². The molecule has 51 heavy (non-hydrogen) atoms. The average Bonchev–Trinajstić information content (AvgIpc) is 3.49. The highest BCUT2D eigenvalue weighted by atomic mass is 32.2. The van der Waals surface area contributed by atoms with E-state index in [0.29, 0.717) is 24.6 Å². The number of carbonyl (C=O) groups excluding carboxylic acids is 3. The summed E-state index contributed by atoms with van der Waals surface area (Å²) in [5.74, 6) is -0.0922. The van der Waals surface area contributed by atoms with Crippen LogP contribution in [0.2, 0.25) is 6.32 Å². The van der Waals surface area contributed by atoms with Gasteiger partial charge in [0.05, 0.1) is 29.8 Å². The van der Waals surface area contributed by atoms with Crippen molar-refractivity contribution in [1.29, 1.82) is 0 Å². The molecule has 0 radical (unpaired) electrons. The van der Waals surface area contributed by atoms with E-state index in [9.17, 15) is 22.8 Å². The molecule has 1 aromatic rings. The monoisotopic (exact) mass is 731 g/mol. The van der Waals surface area contributed by atoms with Gasteiger partial charge in [0.25, 0.3) is 10.1 Å². The normalized spacial score (nSPS) is 31.5. The van der Waals surface area contributed by atoms with Gasteiger partial charge >= 0.3 is 13.2 Å². The van der Waals surface area contributed by atoms with Gasteiger partial charge in [-0.25, -0.2) is 4.79 Å². The highest BCUT2D eigenvalue weighted by Crippen LogP contribution is 2.66. The molecule has 2 saturated heterocycles. The number of ether oxygens (including phenoxy) is 1. The maximum atomic E-state index is 14.6. The first kappa shape index (κ1) is 39.5. The summed E-state index contributed by atoms with van der Waals surface area (Å²) in [6, 6.07) is 6.28. The molecule has 12 nitrogen and oxygen atoms in total. The topological polar surface area (TPSA) is 150 Å². The first-order valence-electron chi connectivity index (χ1n) is 18.2. The number of aryl methyl sites for hydroxylation is 1. The minimum Gasteiger partial charge on any atom is -0.444 e. The molecular weight excluding hydrogens is 673 g/mol. The van der Waals surface area contributed by atoms with Crippen molar-refractivity contribution >= 4 is 35.1 Å². The largest absolute Gasteiger partial charge is 0.457 e. The zero-order valence-electron chi connectivity index (χ0n) is 32.3. The van der Waals surface area contributed by atoms with Crippen molar-refractivity contribution in [1.82, 2.24) is 15.5 Å². The lowest BCUT2D eigenvalue weighted by Crippen LogP contribution is -2.70. The van der Waals surface area contributed by atoms with E-state index in [1.807, 2.05) is 27.7 Å². The van der Waals surface area contributed by atoms with E-state index in [-0.39, 0.29) is 35.9 Å². The van der Waals surface area contributed by atoms with Crippen LogP contribution in [0.3, 0.4) is 0 Å². The molecule has 0 aromatic heterocycles. The van der Waals surface area contributed by atoms with Gasteiger partial charge in [-0.15, -0.1) is 0 Å². The average molecular weight is 732 g/mol. The lowest BCUT2D eigenvalue weighted by molar-refractivity contribution is -0.199. The zero-order valence-corrected chi connectivity index (χ0v) is 33.1. The number of carbonyl (C=O) groups is 3. The van der Waals surface area contributed by atoms with Gasteiger partial charge in [-0.05, 0) is 110 Å². The maximum Gasteiger partial charge on any atom is 0.457 e. The molecule has 3 saturated carbocycles. The molecule has 6 rings (SSSR count). The molecule has 14 heteroatoms. The maximum absolute atomic E-state index is 14.6. The minimum atomic E-state index is -4.31. The fourth-order valence-electron chi connectivity index (χ4n) is 8.93. The van der Waals surface area contributed by atoms with E-state index in [0.717, 1.165) is 18.4 Å². The summed E-state index contributed by atoms with van der Waals surface area (Å²) in [4.78, 5) is 42.7. The summed E-state index contributed by atoms with van der Waals surface area (Å²) < 4.78 is 52.1. The fourth-order valence-corrected chi connectivity index (χ4v) is 9.92. The third-order valence-corrected chi connectivity index (χ3v) is 12.9. The van der Waals surface area contributed by atoms with Gasteiger partial charge in [0.1, 0.15) is 11.1 Å². The predicted molar refractivity (Wildman–Crippen MR) is 193 cm³/mol. The Morgan fingerprint density at radius 2 is 1.67 bits per heavy atom. The number of likely N-dealkylation sites (tertiary alicyclic amines) is 1. The first-order valence-corrected chi connectivity index (χ1v) is 19.6. The summed E-state index contributed by atoms with van der Waals surface area (Å²) >= 11 is 0. The zero-order chi connectivity index (χ0) is 38.0. The van der Waals surface area contributed by atoms with Crippen LogP contribution in [0, 0.1) is 29.6 Å². The van der Waals surface area contributed by atoms with Crippen LogP contribution in [0.5, 0.6) is 0 Å². The van der Waals surface area contributed by atoms with Gasteiger partial charge in [0.15, 0.2) is 0 Å². The van der Waals surface area contributed by atoms with Crippen LogP contribution in [-0.2, 0) is 37.9 Å². The smallest absolute Gasteiger partial charge is 0.444 e. The van der Waals surface area contributed by atoms with Crippen molar-refractivity contribution in [3.05, 3.63) is 29.8 Å². The summed E-state index contributed by atoms with van der Waals surface area (Å²) in [5.41, 5.74) is -4.12. The van der Waals surface area contributed by atoms with Crippen LogP contribution < -0.4 is 10.6 Å². The Balaban J connectivity index is 1.51. The van der Waals surface area contributed by atoms with Gasteiger partial charge < -0.3 is 29.6 Å². The molecule has 2 aliphatic heterocycles. The van der Waals surface area contributed by atoms with Gasteiger partial charge in [-0.1, -0.05) is 38.0 Å². The van der Waals surface area contributed by atoms with E-state index in [1.165, 1.54) is 24.0 Å². The Kier molecular flexibility index (Phi) is 10.3. The second kappa shape index (κ2) is 13.3. The van der Waals surface area contributed by atoms with E-state index in [2.05, 4.69) is 31.4 Å². The van der Waals surface area contributed by atoms with Gasteiger partial charge in [-0.2, -0.15) is 8.42 Å². The lowest BCUT2D eigenvalue weighted by atomic mass is 9.43. The number of nitrogens with zero attached hydrogens (tertiary/aromatic N) is 1. The highest BCUT2D eigenvalue weighted by Gasteiger charge is 2.68. The third-order valence-electron chi connectivity index (χ3n) is 11.6. The summed E-state index contributed by atoms with van der Waals surface area (Å²) in [5, 5.41) is 5.91. The van der Waals surface area contributed by atoms with Crippen LogP contribution in [0.4, 0.5) is 4.79 Å². The number of benzene rings is 1. The Hall–Kier alpha value is -2.68. The molecule has 5 aliphatic rings. The van der Waals surface area contributed by atoms with Gasteiger partial charge in [-0.3, -0.25) is 13.8 Å². The highest BCUT2D eigenvalue weighted by molar-refractivity contribution is 7.86. The number of hydrogen-bond donors (Lipinski definition) is 2.